The Bertz CT molecular complexity index is 714. The van der Waals surface area contributed by atoms with E-state index in [0.717, 1.165) is 48.3 Å². The molecule has 32 heavy (non-hydrogen) atoms. The number of halogens is 1. The van der Waals surface area contributed by atoms with Gasteiger partial charge in [-0.2, -0.15) is 0 Å². The van der Waals surface area contributed by atoms with Gasteiger partial charge in [0.25, 0.3) is 0 Å². The van der Waals surface area contributed by atoms with Gasteiger partial charge >= 0.3 is 5.97 Å². The molecule has 0 amide bonds. The summed E-state index contributed by atoms with van der Waals surface area (Å²) in [5.74, 6) is 4.92. The second-order valence-corrected chi connectivity index (χ2v) is 13.0. The molecule has 0 aromatic carbocycles. The van der Waals surface area contributed by atoms with Gasteiger partial charge in [0.05, 0.1) is 0 Å². The van der Waals surface area contributed by atoms with Crippen LogP contribution in [0.15, 0.2) is 11.6 Å². The molecule has 0 bridgehead atoms. The summed E-state index contributed by atoms with van der Waals surface area (Å²) in [6, 6.07) is 0. The van der Waals surface area contributed by atoms with Crippen LogP contribution in [0.1, 0.15) is 105 Å². The van der Waals surface area contributed by atoms with Crippen molar-refractivity contribution in [3.8, 4) is 0 Å². The van der Waals surface area contributed by atoms with Crippen molar-refractivity contribution in [3.05, 3.63) is 11.6 Å². The summed E-state index contributed by atoms with van der Waals surface area (Å²) in [6.45, 7) is 12.5. The molecule has 4 aliphatic rings. The lowest BCUT2D eigenvalue weighted by molar-refractivity contribution is -0.148. The summed E-state index contributed by atoms with van der Waals surface area (Å²) in [5.41, 5.74) is 2.44. The van der Waals surface area contributed by atoms with Crippen molar-refractivity contribution in [2.75, 3.05) is 5.88 Å². The summed E-state index contributed by atoms with van der Waals surface area (Å²) in [4.78, 5) is 11.7. The number of allylic oxidation sites excluding steroid dienone is 1. The molecule has 4 rings (SSSR count). The SMILES string of the molecule is CC(C)CCC[C@H](C)[C@@H]1CC[C@@H]2[C@@H]3CC=C4C[C@@H](OC(=O)CCl)CC[C@]4(C)[C@H]3CC[C@]21C. The number of hydrogen-bond donors (Lipinski definition) is 0. The highest BCUT2D eigenvalue weighted by Gasteiger charge is 2.59. The van der Waals surface area contributed by atoms with E-state index in [1.807, 2.05) is 0 Å². The minimum atomic E-state index is -0.262. The summed E-state index contributed by atoms with van der Waals surface area (Å²) >= 11 is 5.68. The highest BCUT2D eigenvalue weighted by atomic mass is 35.5. The number of rotatable bonds is 7. The summed E-state index contributed by atoms with van der Waals surface area (Å²) < 4.78 is 5.63. The number of carbonyl (C=O) groups excluding carboxylic acids is 1. The molecule has 0 spiro atoms. The van der Waals surface area contributed by atoms with Crippen molar-refractivity contribution in [1.82, 2.24) is 0 Å². The molecule has 3 fully saturated rings. The molecular formula is C29H47ClO2. The standard InChI is InChI=1S/C29H47ClO2/c1-19(2)7-6-8-20(3)24-11-12-25-23-10-9-21-17-22(32-27(31)18-30)13-15-28(21,4)26(23)14-16-29(24,25)5/h9,19-20,22-26H,6-8,10-18H2,1-5H3/t20-,22-,23-,24-,25+,26-,28-,29-/m0/s1. The van der Waals surface area contributed by atoms with Gasteiger partial charge in [-0.05, 0) is 91.3 Å². The van der Waals surface area contributed by atoms with E-state index in [0.29, 0.717) is 10.8 Å². The number of esters is 1. The van der Waals surface area contributed by atoms with Crippen molar-refractivity contribution in [1.29, 1.82) is 0 Å². The van der Waals surface area contributed by atoms with Gasteiger partial charge in [-0.1, -0.05) is 65.5 Å². The molecule has 0 aromatic heterocycles. The van der Waals surface area contributed by atoms with Crippen LogP contribution in [-0.4, -0.2) is 18.0 Å². The van der Waals surface area contributed by atoms with Gasteiger partial charge < -0.3 is 4.74 Å². The Hall–Kier alpha value is -0.500. The van der Waals surface area contributed by atoms with Gasteiger partial charge in [-0.15, -0.1) is 11.6 Å². The molecule has 0 heterocycles. The second-order valence-electron chi connectivity index (χ2n) is 12.8. The van der Waals surface area contributed by atoms with E-state index in [-0.39, 0.29) is 18.0 Å². The van der Waals surface area contributed by atoms with Crippen LogP contribution in [-0.2, 0) is 9.53 Å². The Morgan fingerprint density at radius 2 is 1.88 bits per heavy atom. The van der Waals surface area contributed by atoms with Gasteiger partial charge in [-0.3, -0.25) is 4.79 Å². The van der Waals surface area contributed by atoms with Gasteiger partial charge in [0.2, 0.25) is 0 Å². The quantitative estimate of drug-likeness (QED) is 0.216. The highest BCUT2D eigenvalue weighted by Crippen LogP contribution is 2.67. The largest absolute Gasteiger partial charge is 0.461 e. The van der Waals surface area contributed by atoms with Gasteiger partial charge in [0.1, 0.15) is 12.0 Å². The Morgan fingerprint density at radius 3 is 2.59 bits per heavy atom. The Kier molecular flexibility index (Phi) is 7.41. The molecule has 0 radical (unpaired) electrons. The third kappa shape index (κ3) is 4.44. The van der Waals surface area contributed by atoms with Crippen molar-refractivity contribution in [2.24, 2.45) is 46.3 Å². The average molecular weight is 463 g/mol. The van der Waals surface area contributed by atoms with Crippen LogP contribution in [0.4, 0.5) is 0 Å². The molecule has 0 aliphatic heterocycles. The first kappa shape index (κ1) is 24.6. The lowest BCUT2D eigenvalue weighted by Gasteiger charge is -2.58. The van der Waals surface area contributed by atoms with Crippen LogP contribution >= 0.6 is 11.6 Å². The molecule has 3 saturated carbocycles. The molecule has 0 saturated heterocycles. The summed E-state index contributed by atoms with van der Waals surface area (Å²) in [7, 11) is 0. The van der Waals surface area contributed by atoms with Gasteiger partial charge in [0, 0.05) is 6.42 Å². The van der Waals surface area contributed by atoms with Crippen LogP contribution in [0.25, 0.3) is 0 Å². The first-order valence-corrected chi connectivity index (χ1v) is 14.2. The number of hydrogen-bond acceptors (Lipinski definition) is 2. The van der Waals surface area contributed by atoms with E-state index >= 15 is 0 Å². The van der Waals surface area contributed by atoms with Crippen LogP contribution in [0, 0.1) is 46.3 Å². The minimum Gasteiger partial charge on any atom is -0.461 e. The zero-order chi connectivity index (χ0) is 23.1. The first-order valence-electron chi connectivity index (χ1n) is 13.6. The average Bonchev–Trinajstić information content (AvgIpc) is 3.11. The van der Waals surface area contributed by atoms with E-state index in [1.165, 1.54) is 57.8 Å². The maximum Gasteiger partial charge on any atom is 0.321 e. The van der Waals surface area contributed by atoms with Crippen molar-refractivity contribution in [3.63, 3.8) is 0 Å². The third-order valence-corrected chi connectivity index (χ3v) is 10.9. The maximum atomic E-state index is 11.7. The van der Waals surface area contributed by atoms with Gasteiger partial charge in [-0.25, -0.2) is 0 Å². The van der Waals surface area contributed by atoms with E-state index < -0.39 is 0 Å². The number of carbonyl (C=O) groups is 1. The van der Waals surface area contributed by atoms with Crippen LogP contribution in [0.5, 0.6) is 0 Å². The smallest absolute Gasteiger partial charge is 0.321 e. The normalized spacial score (nSPS) is 42.0. The Morgan fingerprint density at radius 1 is 1.09 bits per heavy atom. The zero-order valence-electron chi connectivity index (χ0n) is 21.3. The molecule has 0 N–H and O–H groups in total. The molecule has 8 atom stereocenters. The fourth-order valence-corrected chi connectivity index (χ4v) is 9.03. The molecular weight excluding hydrogens is 416 g/mol. The topological polar surface area (TPSA) is 26.3 Å². The van der Waals surface area contributed by atoms with Gasteiger partial charge in [0.15, 0.2) is 0 Å². The Labute approximate surface area is 202 Å². The van der Waals surface area contributed by atoms with Crippen LogP contribution < -0.4 is 0 Å². The first-order chi connectivity index (χ1) is 15.2. The maximum absolute atomic E-state index is 11.7. The van der Waals surface area contributed by atoms with Crippen molar-refractivity contribution in [2.45, 2.75) is 111 Å². The third-order valence-electron chi connectivity index (χ3n) is 10.7. The molecule has 0 aromatic rings. The molecule has 3 heteroatoms. The monoisotopic (exact) mass is 462 g/mol. The van der Waals surface area contributed by atoms with Crippen LogP contribution in [0.3, 0.4) is 0 Å². The van der Waals surface area contributed by atoms with E-state index in [4.69, 9.17) is 16.3 Å². The molecule has 0 unspecified atom stereocenters. The lowest BCUT2D eigenvalue weighted by Crippen LogP contribution is -2.51. The summed E-state index contributed by atoms with van der Waals surface area (Å²) in [5, 5.41) is 0. The van der Waals surface area contributed by atoms with E-state index in [1.54, 1.807) is 5.57 Å². The summed E-state index contributed by atoms with van der Waals surface area (Å²) in [6.07, 6.45) is 16.9. The number of fused-ring (bicyclic) bond motifs is 5. The lowest BCUT2D eigenvalue weighted by atomic mass is 9.47. The van der Waals surface area contributed by atoms with Crippen molar-refractivity contribution >= 4 is 17.6 Å². The highest BCUT2D eigenvalue weighted by molar-refractivity contribution is 6.26. The Balaban J connectivity index is 1.45. The number of ether oxygens (including phenoxy) is 1. The molecule has 2 nitrogen and oxygen atoms in total. The molecule has 4 aliphatic carbocycles. The predicted molar refractivity (Wildman–Crippen MR) is 134 cm³/mol. The minimum absolute atomic E-state index is 0.0329. The number of alkyl halides is 1. The zero-order valence-corrected chi connectivity index (χ0v) is 22.1. The van der Waals surface area contributed by atoms with Crippen LogP contribution in [0.2, 0.25) is 0 Å². The molecule has 182 valence electrons. The van der Waals surface area contributed by atoms with E-state index in [9.17, 15) is 4.79 Å². The van der Waals surface area contributed by atoms with E-state index in [2.05, 4.69) is 40.7 Å². The van der Waals surface area contributed by atoms with Crippen molar-refractivity contribution < 1.29 is 9.53 Å². The second kappa shape index (κ2) is 9.63. The fraction of sp³-hybridized carbons (Fsp3) is 0.897. The fourth-order valence-electron chi connectivity index (χ4n) is 8.97. The predicted octanol–water partition coefficient (Wildman–Crippen LogP) is 8.18.